The van der Waals surface area contributed by atoms with E-state index in [1.807, 2.05) is 18.2 Å². The lowest BCUT2D eigenvalue weighted by Gasteiger charge is -2.12. The molecule has 0 aliphatic carbocycles. The predicted molar refractivity (Wildman–Crippen MR) is 101 cm³/mol. The highest BCUT2D eigenvalue weighted by Crippen LogP contribution is 2.25. The van der Waals surface area contributed by atoms with Crippen LogP contribution in [0.25, 0.3) is 11.4 Å². The molecule has 0 saturated carbocycles. The van der Waals surface area contributed by atoms with Crippen molar-refractivity contribution in [3.05, 3.63) is 66.2 Å². The van der Waals surface area contributed by atoms with Crippen LogP contribution in [0.5, 0.6) is 0 Å². The van der Waals surface area contributed by atoms with E-state index in [0.717, 1.165) is 35.3 Å². The maximum Gasteiger partial charge on any atom is 0.191 e. The summed E-state index contributed by atoms with van der Waals surface area (Å²) in [6.07, 6.45) is 1.04. The number of aromatic nitrogens is 3. The van der Waals surface area contributed by atoms with Crippen molar-refractivity contribution in [3.8, 4) is 11.4 Å². The summed E-state index contributed by atoms with van der Waals surface area (Å²) in [6.45, 7) is 5.39. The van der Waals surface area contributed by atoms with Crippen molar-refractivity contribution in [2.75, 3.05) is 5.75 Å². The van der Waals surface area contributed by atoms with Gasteiger partial charge in [-0.3, -0.25) is 0 Å². The fourth-order valence-corrected chi connectivity index (χ4v) is 3.57. The van der Waals surface area contributed by atoms with Crippen LogP contribution in [0.4, 0.5) is 0 Å². The Hall–Kier alpha value is -2.07. The van der Waals surface area contributed by atoms with Crippen LogP contribution in [0, 0.1) is 5.92 Å². The van der Waals surface area contributed by atoms with Crippen molar-refractivity contribution in [3.63, 3.8) is 0 Å². The Bertz CT molecular complexity index is 751. The molecule has 0 bridgehead atoms. The van der Waals surface area contributed by atoms with Crippen molar-refractivity contribution in [2.45, 2.75) is 32.0 Å². The van der Waals surface area contributed by atoms with Gasteiger partial charge in [0.25, 0.3) is 0 Å². The fraction of sp³-hybridized carbons (Fsp3) is 0.300. The van der Waals surface area contributed by atoms with E-state index in [9.17, 15) is 0 Å². The fourth-order valence-electron chi connectivity index (χ4n) is 2.63. The third-order valence-corrected chi connectivity index (χ3v) is 4.73. The van der Waals surface area contributed by atoms with E-state index in [-0.39, 0.29) is 0 Å². The average molecular weight is 337 g/mol. The van der Waals surface area contributed by atoms with Gasteiger partial charge in [0.05, 0.1) is 0 Å². The molecule has 2 aromatic carbocycles. The third-order valence-electron chi connectivity index (χ3n) is 3.76. The van der Waals surface area contributed by atoms with Gasteiger partial charge < -0.3 is 4.57 Å². The van der Waals surface area contributed by atoms with Crippen LogP contribution in [0.15, 0.2) is 65.8 Å². The summed E-state index contributed by atoms with van der Waals surface area (Å²) in [5.41, 5.74) is 2.49. The van der Waals surface area contributed by atoms with Gasteiger partial charge in [0.1, 0.15) is 0 Å². The zero-order valence-electron chi connectivity index (χ0n) is 14.2. The number of hydrogen-bond donors (Lipinski definition) is 0. The lowest BCUT2D eigenvalue weighted by molar-refractivity contribution is 0.498. The molecule has 0 atom stereocenters. The molecule has 3 aromatic rings. The third kappa shape index (κ3) is 4.26. The first-order chi connectivity index (χ1) is 11.7. The van der Waals surface area contributed by atoms with Gasteiger partial charge in [-0.05, 0) is 17.9 Å². The van der Waals surface area contributed by atoms with Crippen LogP contribution < -0.4 is 0 Å². The molecule has 1 aromatic heterocycles. The van der Waals surface area contributed by atoms with Crippen LogP contribution in [0.1, 0.15) is 19.4 Å². The molecule has 4 heteroatoms. The number of hydrogen-bond acceptors (Lipinski definition) is 3. The first-order valence-electron chi connectivity index (χ1n) is 8.39. The van der Waals surface area contributed by atoms with Crippen molar-refractivity contribution in [1.29, 1.82) is 0 Å². The molecule has 0 fully saturated rings. The van der Waals surface area contributed by atoms with E-state index >= 15 is 0 Å². The first kappa shape index (κ1) is 16.8. The minimum absolute atomic E-state index is 0.553. The van der Waals surface area contributed by atoms with Gasteiger partial charge in [-0.25, -0.2) is 0 Å². The molecular weight excluding hydrogens is 314 g/mol. The van der Waals surface area contributed by atoms with Crippen LogP contribution in [-0.2, 0) is 13.0 Å². The van der Waals surface area contributed by atoms with E-state index in [0.29, 0.717) is 5.92 Å². The maximum absolute atomic E-state index is 4.46. The molecule has 3 rings (SSSR count). The van der Waals surface area contributed by atoms with E-state index in [4.69, 9.17) is 0 Å². The number of nitrogens with zero attached hydrogens (tertiary/aromatic N) is 3. The highest BCUT2D eigenvalue weighted by Gasteiger charge is 2.15. The van der Waals surface area contributed by atoms with Crippen molar-refractivity contribution in [1.82, 2.24) is 14.8 Å². The number of benzene rings is 2. The number of aryl methyl sites for hydroxylation is 1. The lowest BCUT2D eigenvalue weighted by atomic mass is 10.2. The first-order valence-corrected chi connectivity index (χ1v) is 9.38. The minimum Gasteiger partial charge on any atom is -0.302 e. The summed E-state index contributed by atoms with van der Waals surface area (Å²) in [6, 6.07) is 20.9. The molecule has 0 saturated heterocycles. The molecule has 0 aliphatic rings. The zero-order valence-corrected chi connectivity index (χ0v) is 15.0. The topological polar surface area (TPSA) is 30.7 Å². The number of thioether (sulfide) groups is 1. The van der Waals surface area contributed by atoms with E-state index in [1.165, 1.54) is 5.56 Å². The molecule has 0 radical (unpaired) electrons. The Balaban J connectivity index is 1.76. The Labute approximate surface area is 148 Å². The predicted octanol–water partition coefficient (Wildman–Crippen LogP) is 4.94. The molecule has 0 unspecified atom stereocenters. The molecule has 0 aliphatic heterocycles. The summed E-state index contributed by atoms with van der Waals surface area (Å²) in [4.78, 5) is 0. The Kier molecular flexibility index (Phi) is 5.70. The second-order valence-corrected chi connectivity index (χ2v) is 7.32. The normalized spacial score (nSPS) is 11.1. The van der Waals surface area contributed by atoms with Crippen LogP contribution >= 0.6 is 11.8 Å². The number of rotatable bonds is 7. The van der Waals surface area contributed by atoms with Crippen molar-refractivity contribution in [2.24, 2.45) is 5.92 Å². The Morgan fingerprint density at radius 1 is 0.917 bits per heavy atom. The largest absolute Gasteiger partial charge is 0.302 e. The Morgan fingerprint density at radius 3 is 2.25 bits per heavy atom. The summed E-state index contributed by atoms with van der Waals surface area (Å²) in [5, 5.41) is 9.92. The van der Waals surface area contributed by atoms with Gasteiger partial charge in [0.15, 0.2) is 11.0 Å². The molecule has 24 heavy (non-hydrogen) atoms. The highest BCUT2D eigenvalue weighted by atomic mass is 32.2. The molecule has 1 heterocycles. The molecule has 124 valence electrons. The van der Waals surface area contributed by atoms with Crippen LogP contribution in [0.3, 0.4) is 0 Å². The van der Waals surface area contributed by atoms with Gasteiger partial charge in [-0.2, -0.15) is 0 Å². The second kappa shape index (κ2) is 8.15. The lowest BCUT2D eigenvalue weighted by Crippen LogP contribution is -2.08. The van der Waals surface area contributed by atoms with Crippen molar-refractivity contribution >= 4 is 11.8 Å². The summed E-state index contributed by atoms with van der Waals surface area (Å²) < 4.78 is 2.26. The maximum atomic E-state index is 4.46. The van der Waals surface area contributed by atoms with E-state index < -0.39 is 0 Å². The quantitative estimate of drug-likeness (QED) is 0.572. The van der Waals surface area contributed by atoms with Gasteiger partial charge in [0.2, 0.25) is 0 Å². The van der Waals surface area contributed by atoms with Crippen LogP contribution in [-0.4, -0.2) is 20.5 Å². The molecular formula is C20H23N3S. The van der Waals surface area contributed by atoms with E-state index in [1.54, 1.807) is 11.8 Å². The smallest absolute Gasteiger partial charge is 0.191 e. The summed E-state index contributed by atoms with van der Waals surface area (Å²) in [5.74, 6) is 2.53. The molecule has 3 nitrogen and oxygen atoms in total. The van der Waals surface area contributed by atoms with Crippen LogP contribution in [0.2, 0.25) is 0 Å². The summed E-state index contributed by atoms with van der Waals surface area (Å²) >= 11 is 1.79. The molecule has 0 spiro atoms. The minimum atomic E-state index is 0.553. The van der Waals surface area contributed by atoms with Gasteiger partial charge in [-0.15, -0.1) is 10.2 Å². The highest BCUT2D eigenvalue weighted by molar-refractivity contribution is 7.99. The van der Waals surface area contributed by atoms with Gasteiger partial charge in [-0.1, -0.05) is 86.3 Å². The monoisotopic (exact) mass is 337 g/mol. The van der Waals surface area contributed by atoms with Crippen molar-refractivity contribution < 1.29 is 0 Å². The molecule has 0 N–H and O–H groups in total. The Morgan fingerprint density at radius 2 is 1.58 bits per heavy atom. The van der Waals surface area contributed by atoms with Gasteiger partial charge >= 0.3 is 0 Å². The zero-order chi connectivity index (χ0) is 16.8. The SMILES string of the molecule is CC(C)Cn1c(SCCc2ccccc2)nnc1-c1ccccc1. The standard InChI is InChI=1S/C20H23N3S/c1-16(2)15-23-19(18-11-7-4-8-12-18)21-22-20(23)24-14-13-17-9-5-3-6-10-17/h3-12,16H,13-15H2,1-2H3. The summed E-state index contributed by atoms with van der Waals surface area (Å²) in [7, 11) is 0. The average Bonchev–Trinajstić information content (AvgIpc) is 2.99. The second-order valence-electron chi connectivity index (χ2n) is 6.26. The van der Waals surface area contributed by atoms with Gasteiger partial charge in [0, 0.05) is 17.9 Å². The van der Waals surface area contributed by atoms with E-state index in [2.05, 4.69) is 71.1 Å². The molecule has 0 amide bonds.